The number of amides is 1. The van der Waals surface area contributed by atoms with Gasteiger partial charge in [0.1, 0.15) is 0 Å². The van der Waals surface area contributed by atoms with Crippen molar-refractivity contribution in [2.24, 2.45) is 5.92 Å². The van der Waals surface area contributed by atoms with E-state index in [1.165, 1.54) is 0 Å². The predicted molar refractivity (Wildman–Crippen MR) is 71.1 cm³/mol. The van der Waals surface area contributed by atoms with Gasteiger partial charge in [0.05, 0.1) is 6.17 Å². The molecule has 0 aliphatic carbocycles. The number of halogens is 1. The first kappa shape index (κ1) is 12.6. The maximum absolute atomic E-state index is 14.4. The second kappa shape index (κ2) is 4.93. The van der Waals surface area contributed by atoms with E-state index in [1.807, 2.05) is 13.1 Å². The molecule has 2 aliphatic heterocycles. The fraction of sp³-hybridized carbons (Fsp3) is 0.533. The summed E-state index contributed by atoms with van der Waals surface area (Å²) in [4.78, 5) is 16.3. The molecule has 1 amide bonds. The quantitative estimate of drug-likeness (QED) is 0.816. The summed E-state index contributed by atoms with van der Waals surface area (Å²) in [6, 6.07) is 8.71. The minimum atomic E-state index is -1.54. The smallest absolute Gasteiger partial charge is 0.263 e. The van der Waals surface area contributed by atoms with E-state index in [1.54, 1.807) is 29.2 Å². The van der Waals surface area contributed by atoms with Crippen molar-refractivity contribution in [1.29, 1.82) is 0 Å². The molecule has 3 nitrogen and oxygen atoms in total. The molecule has 0 saturated carbocycles. The summed E-state index contributed by atoms with van der Waals surface area (Å²) in [5, 5.41) is 0. The number of carbonyl (C=O) groups excluding carboxylic acids is 1. The van der Waals surface area contributed by atoms with Crippen LogP contribution in [0.4, 0.5) is 4.39 Å². The van der Waals surface area contributed by atoms with Crippen LogP contribution in [0.5, 0.6) is 0 Å². The Morgan fingerprint density at radius 1 is 1.37 bits per heavy atom. The number of hydrogen-bond acceptors (Lipinski definition) is 2. The summed E-state index contributed by atoms with van der Waals surface area (Å²) in [7, 11) is 2.02. The number of benzene rings is 1. The molecule has 0 spiro atoms. The normalized spacial score (nSPS) is 28.4. The van der Waals surface area contributed by atoms with Crippen LogP contribution >= 0.6 is 0 Å². The molecule has 3 rings (SSSR count). The molecule has 2 aliphatic rings. The van der Waals surface area contributed by atoms with Crippen LogP contribution in [0.25, 0.3) is 0 Å². The van der Waals surface area contributed by atoms with Crippen molar-refractivity contribution in [3.63, 3.8) is 0 Å². The van der Waals surface area contributed by atoms with E-state index in [4.69, 9.17) is 0 Å². The Labute approximate surface area is 113 Å². The molecular weight excluding hydrogens is 243 g/mol. The molecule has 2 bridgehead atoms. The van der Waals surface area contributed by atoms with Crippen molar-refractivity contribution in [3.05, 3.63) is 35.9 Å². The monoisotopic (exact) mass is 262 g/mol. The third kappa shape index (κ3) is 2.25. The number of fused-ring (bicyclic) bond motifs is 2. The number of rotatable bonds is 2. The molecule has 0 radical (unpaired) electrons. The highest BCUT2D eigenvalue weighted by molar-refractivity contribution is 5.82. The number of carbonyl (C=O) groups is 1. The molecule has 2 saturated heterocycles. The number of piperidine rings is 1. The van der Waals surface area contributed by atoms with Crippen LogP contribution in [0.3, 0.4) is 0 Å². The standard InChI is InChI=1S/C15H19FN2O/c1-17-10-11-7-8-18(13(17)9-11)15(19)14(16)12-5-3-2-4-6-12/h2-6,11,13-14H,7-10H2,1H3. The average molecular weight is 262 g/mol. The highest BCUT2D eigenvalue weighted by Gasteiger charge is 2.42. The third-order valence-electron chi connectivity index (χ3n) is 4.33. The Balaban J connectivity index is 1.77. The van der Waals surface area contributed by atoms with Crippen molar-refractivity contribution in [2.45, 2.75) is 25.2 Å². The minimum Gasteiger partial charge on any atom is -0.324 e. The topological polar surface area (TPSA) is 23.6 Å². The van der Waals surface area contributed by atoms with Crippen LogP contribution in [0.15, 0.2) is 30.3 Å². The van der Waals surface area contributed by atoms with Gasteiger partial charge in [-0.05, 0) is 31.4 Å². The van der Waals surface area contributed by atoms with Gasteiger partial charge in [-0.15, -0.1) is 0 Å². The zero-order chi connectivity index (χ0) is 13.4. The summed E-state index contributed by atoms with van der Waals surface area (Å²) in [5.41, 5.74) is 0.454. The van der Waals surface area contributed by atoms with Gasteiger partial charge in [0.2, 0.25) is 6.17 Å². The summed E-state index contributed by atoms with van der Waals surface area (Å²) in [6.45, 7) is 1.71. The van der Waals surface area contributed by atoms with Gasteiger partial charge in [-0.25, -0.2) is 4.39 Å². The van der Waals surface area contributed by atoms with Crippen LogP contribution in [-0.4, -0.2) is 42.0 Å². The van der Waals surface area contributed by atoms with Crippen molar-refractivity contribution < 1.29 is 9.18 Å². The van der Waals surface area contributed by atoms with E-state index in [2.05, 4.69) is 4.90 Å². The minimum absolute atomic E-state index is 0.0909. The van der Waals surface area contributed by atoms with Crippen LogP contribution in [-0.2, 0) is 4.79 Å². The second-order valence-electron chi connectivity index (χ2n) is 5.62. The molecule has 1 aromatic rings. The SMILES string of the molecule is CN1CC2CCN(C(=O)C(F)c3ccccc3)C1C2. The molecule has 2 fully saturated rings. The fourth-order valence-corrected chi connectivity index (χ4v) is 3.29. The van der Waals surface area contributed by atoms with Gasteiger partial charge in [-0.1, -0.05) is 30.3 Å². The third-order valence-corrected chi connectivity index (χ3v) is 4.33. The number of hydrogen-bond donors (Lipinski definition) is 0. The summed E-state index contributed by atoms with van der Waals surface area (Å²) >= 11 is 0. The number of likely N-dealkylation sites (tertiary alicyclic amines) is 2. The van der Waals surface area contributed by atoms with Gasteiger partial charge in [0, 0.05) is 13.1 Å². The highest BCUT2D eigenvalue weighted by Crippen LogP contribution is 2.34. The largest absolute Gasteiger partial charge is 0.324 e. The summed E-state index contributed by atoms with van der Waals surface area (Å²) in [6.07, 6.45) is 0.539. The van der Waals surface area contributed by atoms with Crippen molar-refractivity contribution in [2.75, 3.05) is 20.1 Å². The number of alkyl halides is 1. The van der Waals surface area contributed by atoms with Crippen molar-refractivity contribution in [3.8, 4) is 0 Å². The van der Waals surface area contributed by atoms with Gasteiger partial charge >= 0.3 is 0 Å². The molecule has 0 N–H and O–H groups in total. The van der Waals surface area contributed by atoms with Gasteiger partial charge in [-0.2, -0.15) is 0 Å². The van der Waals surface area contributed by atoms with E-state index in [0.717, 1.165) is 19.4 Å². The van der Waals surface area contributed by atoms with E-state index >= 15 is 0 Å². The molecule has 3 atom stereocenters. The Bertz CT molecular complexity index is 464. The van der Waals surface area contributed by atoms with Crippen LogP contribution < -0.4 is 0 Å². The lowest BCUT2D eigenvalue weighted by Crippen LogP contribution is -2.48. The van der Waals surface area contributed by atoms with E-state index in [-0.39, 0.29) is 12.1 Å². The zero-order valence-electron chi connectivity index (χ0n) is 11.1. The first-order valence-electron chi connectivity index (χ1n) is 6.86. The lowest BCUT2D eigenvalue weighted by molar-refractivity contribution is -0.143. The molecule has 1 aromatic carbocycles. The van der Waals surface area contributed by atoms with Crippen LogP contribution in [0.1, 0.15) is 24.6 Å². The predicted octanol–water partition coefficient (Wildman–Crippen LogP) is 2.21. The molecule has 2 heterocycles. The Kier molecular flexibility index (Phi) is 3.27. The lowest BCUT2D eigenvalue weighted by atomic mass is 9.98. The van der Waals surface area contributed by atoms with Gasteiger partial charge in [-0.3, -0.25) is 9.69 Å². The maximum Gasteiger partial charge on any atom is 0.263 e. The maximum atomic E-state index is 14.4. The summed E-state index contributed by atoms with van der Waals surface area (Å²) < 4.78 is 14.4. The molecule has 19 heavy (non-hydrogen) atoms. The van der Waals surface area contributed by atoms with Gasteiger partial charge in [0.25, 0.3) is 5.91 Å². The number of nitrogens with zero attached hydrogens (tertiary/aromatic N) is 2. The van der Waals surface area contributed by atoms with Crippen molar-refractivity contribution in [1.82, 2.24) is 9.80 Å². The van der Waals surface area contributed by atoms with E-state index < -0.39 is 6.17 Å². The molecule has 4 heteroatoms. The Morgan fingerprint density at radius 2 is 2.11 bits per heavy atom. The second-order valence-corrected chi connectivity index (χ2v) is 5.62. The van der Waals surface area contributed by atoms with Crippen LogP contribution in [0, 0.1) is 5.92 Å². The summed E-state index contributed by atoms with van der Waals surface area (Å²) in [5.74, 6) is 0.289. The Hall–Kier alpha value is -1.42. The average Bonchev–Trinajstić information content (AvgIpc) is 2.74. The molecule has 0 aromatic heterocycles. The Morgan fingerprint density at radius 3 is 2.84 bits per heavy atom. The first-order chi connectivity index (χ1) is 9.16. The molecular formula is C15H19FN2O. The van der Waals surface area contributed by atoms with E-state index in [0.29, 0.717) is 18.0 Å². The van der Waals surface area contributed by atoms with Gasteiger partial charge in [0.15, 0.2) is 0 Å². The zero-order valence-corrected chi connectivity index (χ0v) is 11.1. The van der Waals surface area contributed by atoms with Crippen LogP contribution in [0.2, 0.25) is 0 Å². The molecule has 3 unspecified atom stereocenters. The van der Waals surface area contributed by atoms with Gasteiger partial charge < -0.3 is 4.90 Å². The fourth-order valence-electron chi connectivity index (χ4n) is 3.29. The highest BCUT2D eigenvalue weighted by atomic mass is 19.1. The van der Waals surface area contributed by atoms with Crippen molar-refractivity contribution >= 4 is 5.91 Å². The van der Waals surface area contributed by atoms with E-state index in [9.17, 15) is 9.18 Å². The first-order valence-corrected chi connectivity index (χ1v) is 6.86. The lowest BCUT2D eigenvalue weighted by Gasteiger charge is -2.36. The molecule has 102 valence electrons.